The van der Waals surface area contributed by atoms with Crippen LogP contribution in [0.4, 0.5) is 5.69 Å². The zero-order valence-electron chi connectivity index (χ0n) is 13.7. The molecule has 2 aromatic carbocycles. The quantitative estimate of drug-likeness (QED) is 0.679. The molecule has 3 heteroatoms. The van der Waals surface area contributed by atoms with E-state index >= 15 is 0 Å². The molecule has 0 radical (unpaired) electrons. The second-order valence-corrected chi connectivity index (χ2v) is 6.21. The highest BCUT2D eigenvalue weighted by atomic mass is 15.1. The monoisotopic (exact) mass is 288 g/mol. The van der Waals surface area contributed by atoms with Crippen LogP contribution in [-0.4, -0.2) is 25.8 Å². The van der Waals surface area contributed by atoms with Crippen LogP contribution in [0.2, 0.25) is 13.6 Å². The molecule has 0 atom stereocenters. The van der Waals surface area contributed by atoms with E-state index < -0.39 is 0 Å². The van der Waals surface area contributed by atoms with E-state index in [9.17, 15) is 0 Å². The third-order valence-electron chi connectivity index (χ3n) is 4.05. The second kappa shape index (κ2) is 5.84. The lowest BCUT2D eigenvalue weighted by Crippen LogP contribution is -2.26. The third-order valence-corrected chi connectivity index (χ3v) is 4.05. The first-order valence-electron chi connectivity index (χ1n) is 7.73. The van der Waals surface area contributed by atoms with Crippen molar-refractivity contribution in [3.63, 3.8) is 0 Å². The summed E-state index contributed by atoms with van der Waals surface area (Å²) in [7, 11) is 4.15. The summed E-state index contributed by atoms with van der Waals surface area (Å²) in [6.45, 7) is 4.93. The summed E-state index contributed by atoms with van der Waals surface area (Å²) in [5, 5.41) is 1.18. The van der Waals surface area contributed by atoms with Gasteiger partial charge in [-0.2, -0.15) is 0 Å². The van der Waals surface area contributed by atoms with Gasteiger partial charge in [0.2, 0.25) is 0 Å². The predicted molar refractivity (Wildman–Crippen MR) is 98.6 cm³/mol. The van der Waals surface area contributed by atoms with Crippen molar-refractivity contribution in [2.75, 3.05) is 19.0 Å². The summed E-state index contributed by atoms with van der Waals surface area (Å²) >= 11 is 0. The van der Waals surface area contributed by atoms with Crippen LogP contribution >= 0.6 is 0 Å². The lowest BCUT2D eigenvalue weighted by atomic mass is 9.48. The van der Waals surface area contributed by atoms with Crippen LogP contribution in [0, 0.1) is 0 Å². The van der Waals surface area contributed by atoms with Gasteiger partial charge < -0.3 is 4.90 Å². The summed E-state index contributed by atoms with van der Waals surface area (Å²) in [5.41, 5.74) is 5.90. The van der Waals surface area contributed by atoms with Crippen molar-refractivity contribution in [3.05, 3.63) is 54.6 Å². The van der Waals surface area contributed by atoms with E-state index in [1.807, 2.05) is 6.07 Å². The Hall–Kier alpha value is -2.29. The van der Waals surface area contributed by atoms with Crippen molar-refractivity contribution in [2.24, 2.45) is 0 Å². The summed E-state index contributed by atoms with van der Waals surface area (Å²) in [5.74, 6) is 0. The molecule has 22 heavy (non-hydrogen) atoms. The zero-order chi connectivity index (χ0) is 15.7. The first-order valence-corrected chi connectivity index (χ1v) is 7.73. The Balaban J connectivity index is 2.16. The number of hydrogen-bond donors (Lipinski definition) is 0. The molecule has 0 N–H and O–H groups in total. The Morgan fingerprint density at radius 1 is 0.909 bits per heavy atom. The number of hydrogen-bond acceptors (Lipinski definition) is 2. The standard InChI is InChI=1S/C19H21BN2/c1-20(2)17-13-15(22(3)4)10-11-16(17)19-12-9-14-7-5-6-8-18(14)21-19/h5-13H,1-4H3. The fraction of sp³-hybridized carbons (Fsp3) is 0.211. The van der Waals surface area contributed by atoms with E-state index in [-0.39, 0.29) is 0 Å². The Morgan fingerprint density at radius 2 is 1.68 bits per heavy atom. The molecule has 0 bridgehead atoms. The van der Waals surface area contributed by atoms with Gasteiger partial charge in [-0.3, -0.25) is 0 Å². The highest BCUT2D eigenvalue weighted by Crippen LogP contribution is 2.22. The van der Waals surface area contributed by atoms with Crippen LogP contribution in [0.1, 0.15) is 0 Å². The van der Waals surface area contributed by atoms with Crippen LogP contribution in [0.15, 0.2) is 54.6 Å². The van der Waals surface area contributed by atoms with Gasteiger partial charge in [0.1, 0.15) is 0 Å². The van der Waals surface area contributed by atoms with E-state index in [0.29, 0.717) is 6.71 Å². The summed E-state index contributed by atoms with van der Waals surface area (Å²) in [4.78, 5) is 6.99. The SMILES string of the molecule is CB(C)c1cc(N(C)C)ccc1-c1ccc2ccccc2n1. The molecule has 0 saturated heterocycles. The largest absolute Gasteiger partial charge is 0.378 e. The number of para-hydroxylation sites is 1. The van der Waals surface area contributed by atoms with E-state index in [4.69, 9.17) is 4.98 Å². The fourth-order valence-electron chi connectivity index (χ4n) is 2.76. The predicted octanol–water partition coefficient (Wildman–Crippen LogP) is 3.93. The molecule has 0 spiro atoms. The molecule has 0 aliphatic heterocycles. The molecule has 3 aromatic rings. The normalized spacial score (nSPS) is 10.7. The van der Waals surface area contributed by atoms with Crippen LogP contribution in [0.25, 0.3) is 22.2 Å². The van der Waals surface area contributed by atoms with Crippen molar-refractivity contribution in [1.82, 2.24) is 4.98 Å². The Labute approximate surface area is 132 Å². The lowest BCUT2D eigenvalue weighted by Gasteiger charge is -2.18. The molecule has 2 nitrogen and oxygen atoms in total. The number of rotatable bonds is 3. The maximum atomic E-state index is 4.85. The minimum absolute atomic E-state index is 0.461. The number of nitrogens with zero attached hydrogens (tertiary/aromatic N) is 2. The molecule has 1 heterocycles. The number of pyridine rings is 1. The highest BCUT2D eigenvalue weighted by Gasteiger charge is 2.13. The first kappa shape index (κ1) is 14.6. The van der Waals surface area contributed by atoms with E-state index in [1.54, 1.807) is 0 Å². The van der Waals surface area contributed by atoms with Gasteiger partial charge in [0.05, 0.1) is 11.2 Å². The lowest BCUT2D eigenvalue weighted by molar-refractivity contribution is 1.13. The van der Waals surface area contributed by atoms with Crippen molar-refractivity contribution in [2.45, 2.75) is 13.6 Å². The summed E-state index contributed by atoms with van der Waals surface area (Å²) < 4.78 is 0. The number of anilines is 1. The highest BCUT2D eigenvalue weighted by molar-refractivity contribution is 6.72. The topological polar surface area (TPSA) is 16.1 Å². The fourth-order valence-corrected chi connectivity index (χ4v) is 2.76. The van der Waals surface area contributed by atoms with Gasteiger partial charge in [0, 0.05) is 25.2 Å². The smallest absolute Gasteiger partial charge is 0.170 e. The number of fused-ring (bicyclic) bond motifs is 1. The van der Waals surface area contributed by atoms with E-state index in [0.717, 1.165) is 11.2 Å². The first-order chi connectivity index (χ1) is 10.6. The number of aromatic nitrogens is 1. The average Bonchev–Trinajstić information content (AvgIpc) is 2.53. The van der Waals surface area contributed by atoms with Crippen LogP contribution < -0.4 is 10.4 Å². The average molecular weight is 288 g/mol. The molecule has 0 aliphatic rings. The molecule has 0 unspecified atom stereocenters. The van der Waals surface area contributed by atoms with E-state index in [2.05, 4.69) is 81.2 Å². The Morgan fingerprint density at radius 3 is 2.41 bits per heavy atom. The van der Waals surface area contributed by atoms with Gasteiger partial charge >= 0.3 is 0 Å². The molecule has 0 aliphatic carbocycles. The van der Waals surface area contributed by atoms with Gasteiger partial charge in [-0.15, -0.1) is 0 Å². The van der Waals surface area contributed by atoms with Gasteiger partial charge in [-0.05, 0) is 29.8 Å². The van der Waals surface area contributed by atoms with Crippen molar-refractivity contribution in [1.29, 1.82) is 0 Å². The summed E-state index contributed by atoms with van der Waals surface area (Å²) in [6.07, 6.45) is 0. The molecule has 0 saturated carbocycles. The minimum Gasteiger partial charge on any atom is -0.378 e. The number of benzene rings is 2. The van der Waals surface area contributed by atoms with Crippen molar-refractivity contribution >= 4 is 28.8 Å². The van der Waals surface area contributed by atoms with Crippen LogP contribution in [0.5, 0.6) is 0 Å². The van der Waals surface area contributed by atoms with Gasteiger partial charge in [0.15, 0.2) is 6.71 Å². The zero-order valence-corrected chi connectivity index (χ0v) is 13.7. The van der Waals surface area contributed by atoms with Gasteiger partial charge in [-0.25, -0.2) is 4.98 Å². The Bertz CT molecular complexity index is 809. The Kier molecular flexibility index (Phi) is 3.89. The molecule has 3 rings (SSSR count). The summed E-state index contributed by atoms with van der Waals surface area (Å²) in [6, 6.07) is 19.2. The van der Waals surface area contributed by atoms with Crippen molar-refractivity contribution in [3.8, 4) is 11.3 Å². The molecule has 0 fully saturated rings. The van der Waals surface area contributed by atoms with Crippen LogP contribution in [0.3, 0.4) is 0 Å². The minimum atomic E-state index is 0.461. The molecular formula is C19H21BN2. The van der Waals surface area contributed by atoms with Gasteiger partial charge in [0.25, 0.3) is 0 Å². The molecule has 110 valence electrons. The molecular weight excluding hydrogens is 267 g/mol. The molecule has 0 amide bonds. The molecule has 1 aromatic heterocycles. The van der Waals surface area contributed by atoms with Crippen LogP contribution in [-0.2, 0) is 0 Å². The second-order valence-electron chi connectivity index (χ2n) is 6.21. The van der Waals surface area contributed by atoms with Gasteiger partial charge in [-0.1, -0.05) is 49.4 Å². The maximum Gasteiger partial charge on any atom is 0.170 e. The van der Waals surface area contributed by atoms with Crippen molar-refractivity contribution < 1.29 is 0 Å². The third kappa shape index (κ3) is 2.71. The van der Waals surface area contributed by atoms with E-state index in [1.165, 1.54) is 22.1 Å². The maximum absolute atomic E-state index is 4.85.